The summed E-state index contributed by atoms with van der Waals surface area (Å²) in [4.78, 5) is 17.9. The second-order valence-electron chi connectivity index (χ2n) is 1.49. The summed E-state index contributed by atoms with van der Waals surface area (Å²) >= 11 is 0. The average Bonchev–Trinajstić information content (AvgIpc) is 1.54. The van der Waals surface area contributed by atoms with E-state index in [1.54, 1.807) is 0 Å². The number of carboxylic acid groups (broad SMARTS) is 1. The number of nitrogens with zero attached hydrogens (tertiary/aromatic N) is 1. The molecule has 0 aliphatic rings. The summed E-state index contributed by atoms with van der Waals surface area (Å²) in [6, 6.07) is 0. The third-order valence-electron chi connectivity index (χ3n) is 0.685. The van der Waals surface area contributed by atoms with Gasteiger partial charge in [0.1, 0.15) is 0 Å². The van der Waals surface area contributed by atoms with Gasteiger partial charge in [0.15, 0.2) is 0 Å². The highest BCUT2D eigenvalue weighted by Crippen LogP contribution is 1.98. The summed E-state index contributed by atoms with van der Waals surface area (Å²) in [6.45, 7) is 0. The number of carboxylic acids is 1. The van der Waals surface area contributed by atoms with Gasteiger partial charge in [0, 0.05) is 0 Å². The second kappa shape index (κ2) is 2.80. The fraction of sp³-hybridized carbons (Fsp3) is 0.500. The molecule has 0 aromatic carbocycles. The average molecular weight is 185 g/mol. The fourth-order valence-electron chi connectivity index (χ4n) is 0.326. The molecule has 0 bridgehead atoms. The van der Waals surface area contributed by atoms with Crippen LogP contribution >= 0.6 is 0 Å². The first-order valence-corrected chi connectivity index (χ1v) is 3.59. The first-order valence-electron chi connectivity index (χ1n) is 2.09. The Morgan fingerprint density at radius 1 is 1.55 bits per heavy atom. The minimum Gasteiger partial charge on any atom is -0.475 e. The van der Waals surface area contributed by atoms with Crippen molar-refractivity contribution in [3.63, 3.8) is 0 Å². The van der Waals surface area contributed by atoms with Crippen LogP contribution in [0.2, 0.25) is 0 Å². The molecular formula is C2H3NO7S. The lowest BCUT2D eigenvalue weighted by Crippen LogP contribution is -2.36. The predicted octanol–water partition coefficient (Wildman–Crippen LogP) is -1.44. The van der Waals surface area contributed by atoms with Gasteiger partial charge in [-0.3, -0.25) is 14.7 Å². The lowest BCUT2D eigenvalue weighted by Gasteiger charge is -1.98. The summed E-state index contributed by atoms with van der Waals surface area (Å²) in [6.07, 6.45) is 0. The van der Waals surface area contributed by atoms with Crippen LogP contribution in [0.25, 0.3) is 0 Å². The molecule has 0 saturated heterocycles. The quantitative estimate of drug-likeness (QED) is 0.312. The molecule has 64 valence electrons. The van der Waals surface area contributed by atoms with Crippen molar-refractivity contribution in [2.75, 3.05) is 0 Å². The van der Waals surface area contributed by atoms with Crippen molar-refractivity contribution in [1.82, 2.24) is 0 Å². The molecule has 0 aromatic rings. The number of rotatable bonds is 3. The molecule has 1 unspecified atom stereocenters. The van der Waals surface area contributed by atoms with E-state index in [0.29, 0.717) is 0 Å². The molecule has 0 spiro atoms. The molecule has 0 amide bonds. The Morgan fingerprint density at radius 2 is 1.91 bits per heavy atom. The molecule has 0 aliphatic heterocycles. The van der Waals surface area contributed by atoms with Crippen molar-refractivity contribution >= 4 is 16.1 Å². The molecule has 11 heavy (non-hydrogen) atoms. The summed E-state index contributed by atoms with van der Waals surface area (Å²) in [5.74, 6) is -2.22. The van der Waals surface area contributed by atoms with Crippen LogP contribution in [0.15, 0.2) is 0 Å². The lowest BCUT2D eigenvalue weighted by atomic mass is 10.7. The van der Waals surface area contributed by atoms with Crippen LogP contribution in [-0.4, -0.2) is 34.3 Å². The minimum absolute atomic E-state index is 1.61. The summed E-state index contributed by atoms with van der Waals surface area (Å²) in [5.41, 5.74) is 0. The fourth-order valence-corrected chi connectivity index (χ4v) is 0.799. The summed E-state index contributed by atoms with van der Waals surface area (Å²) in [7, 11) is -5.16. The lowest BCUT2D eigenvalue weighted by molar-refractivity contribution is -0.487. The van der Waals surface area contributed by atoms with E-state index in [4.69, 9.17) is 9.66 Å². The molecule has 0 rings (SSSR count). The standard InChI is InChI=1S/C2H3NO7S/c4-2(5)1(3(6)7)11(8,9)10/h1H,(H,4,5)(H,8,9,10). The van der Waals surface area contributed by atoms with Crippen LogP contribution in [0.4, 0.5) is 0 Å². The number of nitro groups is 1. The van der Waals surface area contributed by atoms with Gasteiger partial charge in [-0.1, -0.05) is 0 Å². The van der Waals surface area contributed by atoms with Crippen LogP contribution in [0, 0.1) is 10.1 Å². The maximum Gasteiger partial charge on any atom is 0.428 e. The van der Waals surface area contributed by atoms with Crippen molar-refractivity contribution in [2.24, 2.45) is 0 Å². The molecule has 2 N–H and O–H groups in total. The van der Waals surface area contributed by atoms with Gasteiger partial charge >= 0.3 is 21.5 Å². The van der Waals surface area contributed by atoms with E-state index >= 15 is 0 Å². The Labute approximate surface area is 60.3 Å². The van der Waals surface area contributed by atoms with Gasteiger partial charge in [-0.2, -0.15) is 8.42 Å². The zero-order chi connectivity index (χ0) is 9.23. The van der Waals surface area contributed by atoms with Crippen molar-refractivity contribution < 1.29 is 27.8 Å². The molecule has 9 heteroatoms. The van der Waals surface area contributed by atoms with Gasteiger partial charge in [-0.15, -0.1) is 0 Å². The van der Waals surface area contributed by atoms with Gasteiger partial charge in [-0.05, 0) is 0 Å². The first kappa shape index (κ1) is 9.78. The monoisotopic (exact) mass is 185 g/mol. The molecular weight excluding hydrogens is 182 g/mol. The van der Waals surface area contributed by atoms with Gasteiger partial charge in [0.25, 0.3) is 0 Å². The third kappa shape index (κ3) is 2.47. The van der Waals surface area contributed by atoms with Crippen molar-refractivity contribution in [3.05, 3.63) is 10.1 Å². The van der Waals surface area contributed by atoms with E-state index in [0.717, 1.165) is 0 Å². The summed E-state index contributed by atoms with van der Waals surface area (Å²) in [5, 5.41) is 14.6. The van der Waals surface area contributed by atoms with Gasteiger partial charge < -0.3 is 5.11 Å². The Balaban J connectivity index is 4.94. The highest BCUT2D eigenvalue weighted by Gasteiger charge is 2.42. The van der Waals surface area contributed by atoms with Gasteiger partial charge in [0.2, 0.25) is 0 Å². The molecule has 8 nitrogen and oxygen atoms in total. The van der Waals surface area contributed by atoms with Gasteiger partial charge in [-0.25, -0.2) is 4.79 Å². The van der Waals surface area contributed by atoms with E-state index in [1.807, 2.05) is 0 Å². The van der Waals surface area contributed by atoms with E-state index in [-0.39, 0.29) is 0 Å². The third-order valence-corrected chi connectivity index (χ3v) is 1.62. The molecule has 0 saturated carbocycles. The predicted molar refractivity (Wildman–Crippen MR) is 30.0 cm³/mol. The van der Waals surface area contributed by atoms with Crippen LogP contribution in [0.5, 0.6) is 0 Å². The van der Waals surface area contributed by atoms with Crippen LogP contribution in [0.1, 0.15) is 0 Å². The molecule has 1 atom stereocenters. The largest absolute Gasteiger partial charge is 0.475 e. The van der Waals surface area contributed by atoms with Crippen LogP contribution in [-0.2, 0) is 14.9 Å². The molecule has 0 radical (unpaired) electrons. The Bertz CT molecular complexity index is 263. The van der Waals surface area contributed by atoms with E-state index in [9.17, 15) is 23.3 Å². The van der Waals surface area contributed by atoms with E-state index in [1.165, 1.54) is 0 Å². The number of hydrogen-bond donors (Lipinski definition) is 2. The van der Waals surface area contributed by atoms with Crippen molar-refractivity contribution in [2.45, 2.75) is 5.37 Å². The van der Waals surface area contributed by atoms with Gasteiger partial charge in [0.05, 0.1) is 4.92 Å². The van der Waals surface area contributed by atoms with Crippen molar-refractivity contribution in [3.8, 4) is 0 Å². The smallest absolute Gasteiger partial charge is 0.428 e. The zero-order valence-electron chi connectivity index (χ0n) is 4.87. The summed E-state index contributed by atoms with van der Waals surface area (Å²) < 4.78 is 27.9. The van der Waals surface area contributed by atoms with Crippen molar-refractivity contribution in [1.29, 1.82) is 0 Å². The minimum atomic E-state index is -5.16. The molecule has 0 heterocycles. The topological polar surface area (TPSA) is 135 Å². The highest BCUT2D eigenvalue weighted by molar-refractivity contribution is 7.87. The maximum atomic E-state index is 9.95. The Morgan fingerprint density at radius 3 is 1.91 bits per heavy atom. The van der Waals surface area contributed by atoms with E-state index < -0.39 is 26.4 Å². The maximum absolute atomic E-state index is 9.95. The number of hydrogen-bond acceptors (Lipinski definition) is 5. The number of aliphatic carboxylic acids is 1. The molecule has 0 aromatic heterocycles. The number of carbonyl (C=O) groups is 1. The second-order valence-corrected chi connectivity index (χ2v) is 2.97. The highest BCUT2D eigenvalue weighted by atomic mass is 32.2. The first-order chi connectivity index (χ1) is 4.76. The zero-order valence-corrected chi connectivity index (χ0v) is 5.68. The Kier molecular flexibility index (Phi) is 2.49. The van der Waals surface area contributed by atoms with E-state index in [2.05, 4.69) is 0 Å². The normalized spacial score (nSPS) is 13.9. The molecule has 0 aliphatic carbocycles. The van der Waals surface area contributed by atoms with Crippen LogP contribution in [0.3, 0.4) is 0 Å². The Hall–Kier alpha value is -1.22. The molecule has 0 fully saturated rings. The van der Waals surface area contributed by atoms with Crippen LogP contribution < -0.4 is 0 Å². The SMILES string of the molecule is O=C(O)C([N+](=O)[O-])S(=O)(=O)O.